The first-order chi connectivity index (χ1) is 26.0. The SMILES string of the molecule is CC1(C)c2cccnc2-c2ccc3c(oc4cc(N(c5ccc(-c6ccccc6)cc5)c5ccc(-c6ccccc6)c(-c6ccccc6)c5)ccc43)c21. The van der Waals surface area contributed by atoms with Crippen LogP contribution >= 0.6 is 0 Å². The lowest BCUT2D eigenvalue weighted by Gasteiger charge is -2.27. The van der Waals surface area contributed by atoms with Crippen molar-refractivity contribution < 1.29 is 4.42 Å². The lowest BCUT2D eigenvalue weighted by Crippen LogP contribution is -2.15. The van der Waals surface area contributed by atoms with Gasteiger partial charge in [0.1, 0.15) is 11.2 Å². The van der Waals surface area contributed by atoms with Crippen molar-refractivity contribution in [2.24, 2.45) is 0 Å². The van der Waals surface area contributed by atoms with Gasteiger partial charge in [-0.25, -0.2) is 0 Å². The van der Waals surface area contributed by atoms with Crippen molar-refractivity contribution in [1.29, 1.82) is 0 Å². The van der Waals surface area contributed by atoms with Crippen molar-refractivity contribution in [2.45, 2.75) is 19.3 Å². The highest BCUT2D eigenvalue weighted by atomic mass is 16.3. The second-order valence-corrected chi connectivity index (χ2v) is 14.4. The Balaban J connectivity index is 1.16. The van der Waals surface area contributed by atoms with Gasteiger partial charge in [-0.05, 0) is 87.5 Å². The average molecular weight is 681 g/mol. The van der Waals surface area contributed by atoms with Gasteiger partial charge in [0.2, 0.25) is 0 Å². The Morgan fingerprint density at radius 1 is 0.472 bits per heavy atom. The number of aromatic nitrogens is 1. The van der Waals surface area contributed by atoms with Crippen LogP contribution in [0.4, 0.5) is 17.1 Å². The van der Waals surface area contributed by atoms with Gasteiger partial charge in [-0.3, -0.25) is 4.98 Å². The minimum atomic E-state index is -0.226. The molecule has 3 heteroatoms. The standard InChI is InChI=1S/C50H36N2O/c1-50(2)45-19-12-30-51-48(45)43-29-28-42-41-27-25-39(32-46(41)53-49(42)47(43)50)52(37-22-20-34(21-23-37)33-13-6-3-7-14-33)38-24-26-40(35-15-8-4-9-16-35)44(31-38)36-17-10-5-11-18-36/h3-32H,1-2H3. The highest BCUT2D eigenvalue weighted by Gasteiger charge is 2.39. The number of rotatable bonds is 6. The molecule has 3 nitrogen and oxygen atoms in total. The van der Waals surface area contributed by atoms with Crippen LogP contribution in [0.15, 0.2) is 187 Å². The second-order valence-electron chi connectivity index (χ2n) is 14.4. The van der Waals surface area contributed by atoms with Crippen LogP contribution in [0.1, 0.15) is 25.0 Å². The molecule has 2 heterocycles. The van der Waals surface area contributed by atoms with Crippen molar-refractivity contribution in [3.63, 3.8) is 0 Å². The van der Waals surface area contributed by atoms with E-state index in [4.69, 9.17) is 9.40 Å². The topological polar surface area (TPSA) is 29.3 Å². The van der Waals surface area contributed by atoms with E-state index in [9.17, 15) is 0 Å². The number of anilines is 3. The molecule has 0 spiro atoms. The molecule has 0 saturated carbocycles. The van der Waals surface area contributed by atoms with E-state index in [1.54, 1.807) is 0 Å². The Labute approximate surface area is 309 Å². The van der Waals surface area contributed by atoms with Gasteiger partial charge in [0.15, 0.2) is 0 Å². The summed E-state index contributed by atoms with van der Waals surface area (Å²) < 4.78 is 6.92. The fraction of sp³-hybridized carbons (Fsp3) is 0.0600. The van der Waals surface area contributed by atoms with Gasteiger partial charge in [-0.15, -0.1) is 0 Å². The molecular formula is C50H36N2O. The smallest absolute Gasteiger partial charge is 0.140 e. The van der Waals surface area contributed by atoms with Crippen LogP contribution in [-0.2, 0) is 5.41 Å². The summed E-state index contributed by atoms with van der Waals surface area (Å²) in [6.45, 7) is 4.56. The molecule has 2 aromatic heterocycles. The van der Waals surface area contributed by atoms with Crippen LogP contribution in [0.5, 0.6) is 0 Å². The van der Waals surface area contributed by atoms with Crippen LogP contribution in [0.2, 0.25) is 0 Å². The van der Waals surface area contributed by atoms with Crippen LogP contribution < -0.4 is 4.90 Å². The van der Waals surface area contributed by atoms with Gasteiger partial charge < -0.3 is 9.32 Å². The molecule has 9 aromatic rings. The summed E-state index contributed by atoms with van der Waals surface area (Å²) in [5, 5.41) is 2.23. The van der Waals surface area contributed by atoms with Crippen LogP contribution in [0.3, 0.4) is 0 Å². The van der Waals surface area contributed by atoms with Crippen LogP contribution in [0.25, 0.3) is 66.6 Å². The lowest BCUT2D eigenvalue weighted by molar-refractivity contribution is 0.619. The number of hydrogen-bond donors (Lipinski definition) is 0. The minimum Gasteiger partial charge on any atom is -0.456 e. The molecule has 7 aromatic carbocycles. The maximum Gasteiger partial charge on any atom is 0.140 e. The number of nitrogens with zero attached hydrogens (tertiary/aromatic N) is 2. The number of benzene rings is 7. The summed E-state index contributed by atoms with van der Waals surface area (Å²) >= 11 is 0. The van der Waals surface area contributed by atoms with Gasteiger partial charge in [-0.1, -0.05) is 135 Å². The maximum absolute atomic E-state index is 6.92. The molecule has 53 heavy (non-hydrogen) atoms. The third-order valence-corrected chi connectivity index (χ3v) is 10.9. The van der Waals surface area contributed by atoms with Crippen molar-refractivity contribution in [3.8, 4) is 44.6 Å². The van der Waals surface area contributed by atoms with E-state index in [0.717, 1.165) is 50.3 Å². The fourth-order valence-corrected chi connectivity index (χ4v) is 8.32. The first kappa shape index (κ1) is 31.1. The fourth-order valence-electron chi connectivity index (χ4n) is 8.32. The molecule has 0 N–H and O–H groups in total. The predicted octanol–water partition coefficient (Wildman–Crippen LogP) is 13.8. The van der Waals surface area contributed by atoms with Crippen LogP contribution in [-0.4, -0.2) is 4.98 Å². The Hall–Kier alpha value is -6.71. The predicted molar refractivity (Wildman–Crippen MR) is 220 cm³/mol. The van der Waals surface area contributed by atoms with Gasteiger partial charge in [0.25, 0.3) is 0 Å². The summed E-state index contributed by atoms with van der Waals surface area (Å²) in [5.74, 6) is 0. The zero-order valence-corrected chi connectivity index (χ0v) is 29.6. The monoisotopic (exact) mass is 680 g/mol. The maximum atomic E-state index is 6.92. The molecule has 0 aliphatic heterocycles. The third-order valence-electron chi connectivity index (χ3n) is 10.9. The molecule has 0 unspecified atom stereocenters. The zero-order chi connectivity index (χ0) is 35.5. The zero-order valence-electron chi connectivity index (χ0n) is 29.6. The molecule has 1 aliphatic carbocycles. The molecule has 0 bridgehead atoms. The molecule has 252 valence electrons. The highest BCUT2D eigenvalue weighted by Crippen LogP contribution is 2.52. The van der Waals surface area contributed by atoms with Crippen molar-refractivity contribution >= 4 is 39.0 Å². The summed E-state index contributed by atoms with van der Waals surface area (Å²) in [6.07, 6.45) is 1.88. The molecule has 0 fully saturated rings. The first-order valence-corrected chi connectivity index (χ1v) is 18.2. The summed E-state index contributed by atoms with van der Waals surface area (Å²) in [4.78, 5) is 7.14. The highest BCUT2D eigenvalue weighted by molar-refractivity contribution is 6.10. The number of furan rings is 1. The van der Waals surface area contributed by atoms with E-state index in [-0.39, 0.29) is 5.41 Å². The van der Waals surface area contributed by atoms with Crippen molar-refractivity contribution in [1.82, 2.24) is 4.98 Å². The minimum absolute atomic E-state index is 0.226. The van der Waals surface area contributed by atoms with Gasteiger partial charge in [0.05, 0.1) is 5.69 Å². The van der Waals surface area contributed by atoms with Gasteiger partial charge in [-0.2, -0.15) is 0 Å². The summed E-state index contributed by atoms with van der Waals surface area (Å²) in [6, 6.07) is 62.9. The van der Waals surface area contributed by atoms with E-state index >= 15 is 0 Å². The first-order valence-electron chi connectivity index (χ1n) is 18.2. The van der Waals surface area contributed by atoms with E-state index in [1.165, 1.54) is 44.5 Å². The number of hydrogen-bond acceptors (Lipinski definition) is 3. The Kier molecular flexibility index (Phi) is 7.16. The van der Waals surface area contributed by atoms with E-state index < -0.39 is 0 Å². The van der Waals surface area contributed by atoms with Gasteiger partial charge >= 0.3 is 0 Å². The van der Waals surface area contributed by atoms with Crippen molar-refractivity contribution in [3.05, 3.63) is 193 Å². The largest absolute Gasteiger partial charge is 0.456 e. The summed E-state index contributed by atoms with van der Waals surface area (Å²) in [7, 11) is 0. The Morgan fingerprint density at radius 3 is 1.75 bits per heavy atom. The lowest BCUT2D eigenvalue weighted by atomic mass is 9.82. The third kappa shape index (κ3) is 5.08. The van der Waals surface area contributed by atoms with E-state index in [0.29, 0.717) is 0 Å². The van der Waals surface area contributed by atoms with E-state index in [1.807, 2.05) is 12.3 Å². The Bertz CT molecular complexity index is 2780. The van der Waals surface area contributed by atoms with Crippen molar-refractivity contribution in [2.75, 3.05) is 4.90 Å². The molecule has 0 radical (unpaired) electrons. The normalized spacial score (nSPS) is 12.9. The van der Waals surface area contributed by atoms with E-state index in [2.05, 4.69) is 189 Å². The molecule has 1 aliphatic rings. The molecule has 0 amide bonds. The Morgan fingerprint density at radius 2 is 1.04 bits per heavy atom. The molecular weight excluding hydrogens is 645 g/mol. The number of pyridine rings is 1. The van der Waals surface area contributed by atoms with Gasteiger partial charge in [0, 0.05) is 56.6 Å². The molecule has 10 rings (SSSR count). The average Bonchev–Trinajstić information content (AvgIpc) is 3.70. The van der Waals surface area contributed by atoms with Crippen LogP contribution in [0, 0.1) is 0 Å². The summed E-state index contributed by atoms with van der Waals surface area (Å²) in [5.41, 5.74) is 16.5. The quantitative estimate of drug-likeness (QED) is 0.175. The number of fused-ring (bicyclic) bond motifs is 7. The second kappa shape index (κ2) is 12.2. The molecule has 0 atom stereocenters. The molecule has 0 saturated heterocycles.